The second-order valence-electron chi connectivity index (χ2n) is 6.76. The average Bonchev–Trinajstić information content (AvgIpc) is 2.67. The summed E-state index contributed by atoms with van der Waals surface area (Å²) in [5, 5.41) is 4.96. The number of hydrogen-bond acceptors (Lipinski definition) is 4. The maximum atomic E-state index is 14.3. The molecule has 29 heavy (non-hydrogen) atoms. The normalized spacial score (nSPS) is 18.1. The molecule has 1 aromatic heterocycles. The molecule has 4 nitrogen and oxygen atoms in total. The Kier molecular flexibility index (Phi) is 6.49. The van der Waals surface area contributed by atoms with Gasteiger partial charge in [-0.2, -0.15) is 0 Å². The number of aromatic nitrogens is 1. The molecule has 0 radical (unpaired) electrons. The minimum Gasteiger partial charge on any atom is -0.491 e. The lowest BCUT2D eigenvalue weighted by Crippen LogP contribution is -2.50. The number of methoxy groups -OCH3 is 1. The fourth-order valence-corrected chi connectivity index (χ4v) is 3.44. The van der Waals surface area contributed by atoms with Gasteiger partial charge in [0.05, 0.1) is 7.11 Å². The topological polar surface area (TPSA) is 43.4 Å². The summed E-state index contributed by atoms with van der Waals surface area (Å²) >= 11 is 0. The van der Waals surface area contributed by atoms with Crippen LogP contribution in [0, 0.1) is 17.5 Å². The smallest absolute Gasteiger partial charge is 0.190 e. The van der Waals surface area contributed by atoms with E-state index in [1.165, 1.54) is 13.2 Å². The fraction of sp³-hybridized carbons (Fsp3) is 0.286. The Bertz CT molecular complexity index is 995. The van der Waals surface area contributed by atoms with Gasteiger partial charge in [0.1, 0.15) is 17.7 Å². The van der Waals surface area contributed by atoms with Gasteiger partial charge in [-0.25, -0.2) is 13.2 Å². The van der Waals surface area contributed by atoms with Gasteiger partial charge in [0, 0.05) is 48.1 Å². The second kappa shape index (κ2) is 8.88. The minimum atomic E-state index is -0.812. The zero-order valence-corrected chi connectivity index (χ0v) is 16.4. The molecule has 1 aliphatic carbocycles. The summed E-state index contributed by atoms with van der Waals surface area (Å²) < 4.78 is 52.4. The van der Waals surface area contributed by atoms with Crippen LogP contribution in [-0.2, 0) is 6.54 Å². The molecule has 2 aromatic carbocycles. The van der Waals surface area contributed by atoms with Crippen molar-refractivity contribution in [3.63, 3.8) is 0 Å². The quantitative estimate of drug-likeness (QED) is 0.618. The highest BCUT2D eigenvalue weighted by atomic mass is 35.5. The lowest BCUT2D eigenvalue weighted by molar-refractivity contribution is 0.0709. The van der Waals surface area contributed by atoms with Crippen LogP contribution in [0.5, 0.6) is 11.5 Å². The molecular formula is C21H20ClF3N2O2. The highest BCUT2D eigenvalue weighted by Crippen LogP contribution is 2.31. The number of rotatable bonds is 6. The summed E-state index contributed by atoms with van der Waals surface area (Å²) in [6, 6.07) is 7.09. The van der Waals surface area contributed by atoms with Gasteiger partial charge < -0.3 is 14.8 Å². The third-order valence-corrected chi connectivity index (χ3v) is 5.09. The third-order valence-electron chi connectivity index (χ3n) is 5.09. The van der Waals surface area contributed by atoms with Crippen LogP contribution < -0.4 is 14.8 Å². The van der Waals surface area contributed by atoms with E-state index in [-0.39, 0.29) is 36.1 Å². The van der Waals surface area contributed by atoms with Gasteiger partial charge in [0.2, 0.25) is 0 Å². The number of pyridine rings is 1. The van der Waals surface area contributed by atoms with E-state index in [1.807, 2.05) is 0 Å². The second-order valence-corrected chi connectivity index (χ2v) is 6.76. The lowest BCUT2D eigenvalue weighted by atomic mass is 9.88. The van der Waals surface area contributed by atoms with Gasteiger partial charge in [-0.15, -0.1) is 12.4 Å². The number of benzene rings is 2. The SMILES string of the molecule is COc1c(F)cc(O[C@@H]2CC[C@H]2NCc2c(F)ccc3cnccc23)cc1F.Cl. The molecule has 0 aliphatic heterocycles. The molecule has 0 bridgehead atoms. The first-order valence-corrected chi connectivity index (χ1v) is 9.01. The highest BCUT2D eigenvalue weighted by molar-refractivity contribution is 5.85. The molecule has 4 rings (SSSR count). The number of nitrogens with one attached hydrogen (secondary N) is 1. The maximum Gasteiger partial charge on any atom is 0.190 e. The number of fused-ring (bicyclic) bond motifs is 1. The first-order chi connectivity index (χ1) is 13.6. The van der Waals surface area contributed by atoms with E-state index in [0.717, 1.165) is 35.7 Å². The summed E-state index contributed by atoms with van der Waals surface area (Å²) in [4.78, 5) is 4.06. The van der Waals surface area contributed by atoms with Crippen LogP contribution in [0.2, 0.25) is 0 Å². The van der Waals surface area contributed by atoms with Crippen molar-refractivity contribution in [2.45, 2.75) is 31.5 Å². The van der Waals surface area contributed by atoms with E-state index in [0.29, 0.717) is 12.1 Å². The molecular weight excluding hydrogens is 405 g/mol. The molecule has 0 unspecified atom stereocenters. The fourth-order valence-electron chi connectivity index (χ4n) is 3.44. The Morgan fingerprint density at radius 1 is 1.07 bits per heavy atom. The third kappa shape index (κ3) is 4.26. The number of halogens is 4. The highest BCUT2D eigenvalue weighted by Gasteiger charge is 2.33. The van der Waals surface area contributed by atoms with Crippen LogP contribution in [0.15, 0.2) is 42.7 Å². The standard InChI is InChI=1S/C21H19F3N2O2.ClH/c1-27-21-17(23)8-13(9-18(21)24)28-20-5-4-19(20)26-11-15-14-6-7-25-10-12(14)2-3-16(15)22;/h2-3,6-10,19-20,26H,4-5,11H2,1H3;1H/t19-,20-;/m1./s1. The molecule has 1 saturated carbocycles. The molecule has 0 spiro atoms. The van der Waals surface area contributed by atoms with Crippen molar-refractivity contribution in [1.82, 2.24) is 10.3 Å². The van der Waals surface area contributed by atoms with Gasteiger partial charge in [-0.1, -0.05) is 0 Å². The van der Waals surface area contributed by atoms with Crippen LogP contribution in [-0.4, -0.2) is 24.2 Å². The van der Waals surface area contributed by atoms with Crippen LogP contribution in [0.25, 0.3) is 10.8 Å². The molecule has 2 atom stereocenters. The molecule has 0 saturated heterocycles. The predicted octanol–water partition coefficient (Wildman–Crippen LogP) is 4.78. The summed E-state index contributed by atoms with van der Waals surface area (Å²) in [5.74, 6) is -2.24. The molecule has 1 heterocycles. The van der Waals surface area contributed by atoms with Crippen LogP contribution in [0.3, 0.4) is 0 Å². The van der Waals surface area contributed by atoms with E-state index < -0.39 is 17.4 Å². The summed E-state index contributed by atoms with van der Waals surface area (Å²) in [5.41, 5.74) is 0.562. The van der Waals surface area contributed by atoms with Crippen molar-refractivity contribution in [2.75, 3.05) is 7.11 Å². The Morgan fingerprint density at radius 3 is 2.48 bits per heavy atom. The molecule has 1 aliphatic rings. The zero-order chi connectivity index (χ0) is 19.7. The monoisotopic (exact) mass is 424 g/mol. The predicted molar refractivity (Wildman–Crippen MR) is 106 cm³/mol. The number of hydrogen-bond donors (Lipinski definition) is 1. The van der Waals surface area contributed by atoms with E-state index in [4.69, 9.17) is 4.74 Å². The zero-order valence-electron chi connectivity index (χ0n) is 15.6. The molecule has 1 N–H and O–H groups in total. The van der Waals surface area contributed by atoms with Crippen molar-refractivity contribution in [2.24, 2.45) is 0 Å². The van der Waals surface area contributed by atoms with Crippen molar-refractivity contribution in [3.05, 3.63) is 65.7 Å². The summed E-state index contributed by atoms with van der Waals surface area (Å²) in [6.07, 6.45) is 4.66. The van der Waals surface area contributed by atoms with Crippen molar-refractivity contribution in [1.29, 1.82) is 0 Å². The van der Waals surface area contributed by atoms with Crippen LogP contribution in [0.4, 0.5) is 13.2 Å². The van der Waals surface area contributed by atoms with Crippen LogP contribution in [0.1, 0.15) is 18.4 Å². The number of ether oxygens (including phenoxy) is 2. The van der Waals surface area contributed by atoms with E-state index in [1.54, 1.807) is 24.5 Å². The van der Waals surface area contributed by atoms with Crippen molar-refractivity contribution >= 4 is 23.2 Å². The van der Waals surface area contributed by atoms with E-state index in [2.05, 4.69) is 15.0 Å². The van der Waals surface area contributed by atoms with Gasteiger partial charge in [0.15, 0.2) is 17.4 Å². The van der Waals surface area contributed by atoms with Gasteiger partial charge in [0.25, 0.3) is 0 Å². The largest absolute Gasteiger partial charge is 0.491 e. The van der Waals surface area contributed by atoms with E-state index >= 15 is 0 Å². The van der Waals surface area contributed by atoms with E-state index in [9.17, 15) is 13.2 Å². The van der Waals surface area contributed by atoms with Crippen molar-refractivity contribution < 1.29 is 22.6 Å². The Balaban J connectivity index is 0.00000240. The number of nitrogens with zero attached hydrogens (tertiary/aromatic N) is 1. The summed E-state index contributed by atoms with van der Waals surface area (Å²) in [6.45, 7) is 0.322. The average molecular weight is 425 g/mol. The molecule has 3 aromatic rings. The van der Waals surface area contributed by atoms with Gasteiger partial charge in [-0.3, -0.25) is 4.98 Å². The first kappa shape index (κ1) is 21.2. The molecule has 1 fully saturated rings. The Labute approximate surface area is 172 Å². The Morgan fingerprint density at radius 2 is 1.83 bits per heavy atom. The van der Waals surface area contributed by atoms with Gasteiger partial charge >= 0.3 is 0 Å². The molecule has 8 heteroatoms. The van der Waals surface area contributed by atoms with Crippen LogP contribution >= 0.6 is 12.4 Å². The first-order valence-electron chi connectivity index (χ1n) is 9.01. The maximum absolute atomic E-state index is 14.3. The minimum absolute atomic E-state index is 0. The molecule has 0 amide bonds. The van der Waals surface area contributed by atoms with Gasteiger partial charge in [-0.05, 0) is 36.4 Å². The molecule has 154 valence electrons. The summed E-state index contributed by atoms with van der Waals surface area (Å²) in [7, 11) is 1.20. The Hall–Kier alpha value is -2.51. The lowest BCUT2D eigenvalue weighted by Gasteiger charge is -2.37. The van der Waals surface area contributed by atoms with Crippen molar-refractivity contribution in [3.8, 4) is 11.5 Å².